The molecular weight excluding hydrogens is 1060 g/mol. The fraction of sp³-hybridized carbons (Fsp3) is 0.255. The summed E-state index contributed by atoms with van der Waals surface area (Å²) in [6, 6.07) is 30.8. The number of amides is 2. The first-order valence-corrected chi connectivity index (χ1v) is 26.0. The Bertz CT molecular complexity index is 3150. The van der Waals surface area contributed by atoms with Crippen molar-refractivity contribution in [1.29, 1.82) is 0 Å². The van der Waals surface area contributed by atoms with Gasteiger partial charge in [0.15, 0.2) is 0 Å². The second kappa shape index (κ2) is 24.3. The van der Waals surface area contributed by atoms with Gasteiger partial charge in [-0.15, -0.1) is 10.2 Å². The summed E-state index contributed by atoms with van der Waals surface area (Å²) in [5, 5.41) is 19.2. The third-order valence-electron chi connectivity index (χ3n) is 13.1. The van der Waals surface area contributed by atoms with Crippen molar-refractivity contribution in [2.75, 3.05) is 87.9 Å². The van der Waals surface area contributed by atoms with E-state index in [1.165, 1.54) is 10.5 Å². The van der Waals surface area contributed by atoms with Gasteiger partial charge in [-0.05, 0) is 117 Å². The largest absolute Gasteiger partial charge is 0.322 e. The summed E-state index contributed by atoms with van der Waals surface area (Å²) in [4.78, 5) is 47.0. The van der Waals surface area contributed by atoms with Crippen LogP contribution in [0.1, 0.15) is 43.0 Å². The molecule has 0 unspecified atom stereocenters. The van der Waals surface area contributed by atoms with E-state index in [1.807, 2.05) is 123 Å². The van der Waals surface area contributed by atoms with Crippen molar-refractivity contribution in [2.45, 2.75) is 26.9 Å². The smallest absolute Gasteiger partial charge is 0.255 e. The summed E-state index contributed by atoms with van der Waals surface area (Å²) in [6.45, 7) is 14.3. The van der Waals surface area contributed by atoms with Gasteiger partial charge in [0.2, 0.25) is 0 Å². The first kappa shape index (κ1) is 51.8. The number of benzene rings is 4. The summed E-state index contributed by atoms with van der Waals surface area (Å²) in [5.41, 5.74) is 18.6. The average Bonchev–Trinajstić information content (AvgIpc) is 4.09. The molecule has 2 aliphatic rings. The first-order valence-electron chi connectivity index (χ1n) is 24.4. The zero-order chi connectivity index (χ0) is 51.6. The van der Waals surface area contributed by atoms with Gasteiger partial charge in [-0.3, -0.25) is 40.2 Å². The Morgan fingerprint density at radius 2 is 1.12 bits per heavy atom. The summed E-state index contributed by atoms with van der Waals surface area (Å²) in [5.74, 6) is -0.322. The number of carbonyl (C=O) groups is 2. The van der Waals surface area contributed by atoms with E-state index in [2.05, 4.69) is 112 Å². The van der Waals surface area contributed by atoms with Crippen LogP contribution in [0.4, 0.5) is 22.7 Å². The lowest BCUT2D eigenvalue weighted by Gasteiger charge is -2.32. The van der Waals surface area contributed by atoms with E-state index in [9.17, 15) is 9.59 Å². The zero-order valence-corrected chi connectivity index (χ0v) is 45.0. The molecule has 0 atom stereocenters. The Hall–Kier alpha value is -7.13. The van der Waals surface area contributed by atoms with Crippen molar-refractivity contribution in [3.05, 3.63) is 183 Å². The van der Waals surface area contributed by atoms with Crippen molar-refractivity contribution in [2.24, 2.45) is 0 Å². The lowest BCUT2D eigenvalue weighted by molar-refractivity contribution is 0.101. The average molecular weight is 1120 g/mol. The molecule has 2 fully saturated rings. The molecule has 10 rings (SSSR count). The normalized spacial score (nSPS) is 14.5. The molecule has 4 aromatic carbocycles. The van der Waals surface area contributed by atoms with Crippen molar-refractivity contribution >= 4 is 66.4 Å². The fourth-order valence-electron chi connectivity index (χ4n) is 8.45. The van der Waals surface area contributed by atoms with Crippen molar-refractivity contribution in [3.63, 3.8) is 0 Å². The highest BCUT2D eigenvalue weighted by molar-refractivity contribution is 9.11. The minimum atomic E-state index is -0.191. The molecule has 6 heterocycles. The molecule has 0 saturated carbocycles. The molecule has 0 bridgehead atoms. The van der Waals surface area contributed by atoms with Crippen LogP contribution in [0.2, 0.25) is 0 Å². The number of nitrogens with one attached hydrogen (secondary N) is 4. The molecule has 4 N–H and O–H groups in total. The summed E-state index contributed by atoms with van der Waals surface area (Å²) >= 11 is 7.38. The molecule has 0 aliphatic carbocycles. The second-order valence-corrected chi connectivity index (χ2v) is 20.4. The van der Waals surface area contributed by atoms with Crippen LogP contribution in [0, 0.1) is 13.8 Å². The van der Waals surface area contributed by atoms with E-state index in [0.29, 0.717) is 28.2 Å². The van der Waals surface area contributed by atoms with E-state index >= 15 is 0 Å². The van der Waals surface area contributed by atoms with Crippen LogP contribution in [-0.4, -0.2) is 133 Å². The Morgan fingerprint density at radius 3 is 1.70 bits per heavy atom. The number of aryl methyl sites for hydroxylation is 2. The van der Waals surface area contributed by atoms with Gasteiger partial charge >= 0.3 is 0 Å². The number of likely N-dealkylation sites (N-methyl/N-ethyl adjacent to an activating group) is 2. The van der Waals surface area contributed by atoms with Gasteiger partial charge in [-0.2, -0.15) is 9.89 Å². The monoisotopic (exact) mass is 1120 g/mol. The van der Waals surface area contributed by atoms with Gasteiger partial charge < -0.3 is 20.4 Å². The topological polar surface area (TPSA) is 170 Å². The molecular formula is C55H59Br2N15O2. The van der Waals surface area contributed by atoms with Crippen LogP contribution >= 0.6 is 31.9 Å². The molecule has 2 aliphatic heterocycles. The number of hydrogen-bond acceptors (Lipinski definition) is 13. The highest BCUT2D eigenvalue weighted by Crippen LogP contribution is 2.30. The van der Waals surface area contributed by atoms with Crippen LogP contribution in [0.15, 0.2) is 149 Å². The van der Waals surface area contributed by atoms with Gasteiger partial charge in [0.1, 0.15) is 5.69 Å². The number of carbonyl (C=O) groups excluding carboxylic acids is 2. The highest BCUT2D eigenvalue weighted by Gasteiger charge is 2.20. The SMILES string of the molecule is Cc1ccc(NC(=O)c2cc(Br)c(CN3CCN(C)CC3)c(Br)c2)cc1Nn1ncc(-c2cccnc2)n1.Cc1ccc(NC(=O)c2ccc(CN3CCN(C)CC3)cc2)cc1Nn1cc(-c2cccnc2)cn1. The van der Waals surface area contributed by atoms with E-state index in [4.69, 9.17) is 0 Å². The maximum absolute atomic E-state index is 13.1. The molecule has 17 nitrogen and oxygen atoms in total. The molecule has 0 radical (unpaired) electrons. The Balaban J connectivity index is 0.000000182. The number of hydrogen-bond donors (Lipinski definition) is 4. The fourth-order valence-corrected chi connectivity index (χ4v) is 9.89. The number of anilines is 4. The van der Waals surface area contributed by atoms with E-state index in [1.54, 1.807) is 35.8 Å². The second-order valence-electron chi connectivity index (χ2n) is 18.6. The molecule has 2 amide bonds. The highest BCUT2D eigenvalue weighted by atomic mass is 79.9. The van der Waals surface area contributed by atoms with Crippen molar-refractivity contribution < 1.29 is 9.59 Å². The summed E-state index contributed by atoms with van der Waals surface area (Å²) in [7, 11) is 4.31. The first-order chi connectivity index (χ1) is 35.9. The number of piperazine rings is 2. The Labute approximate surface area is 448 Å². The standard InChI is InChI=1S/C28H31N7O.C27H28Br2N8O/c1-21-5-10-26(16-27(21)32-35-20-25(18-30-35)24-4-3-11-29-17-24)31-28(36)23-8-6-22(7-9-23)19-34-14-12-33(2)13-15-34;1-18-5-6-21(14-25(18)33-37-31-16-26(34-37)19-4-3-7-30-15-19)32-27(38)20-12-23(28)22(24(29)13-20)17-36-10-8-35(2)9-11-36/h3-11,16-18,20,32H,12-15,19H2,1-2H3,(H,31,36);3-7,12-16,33H,8-11,17H2,1-2H3,(H,32,38). The number of pyridine rings is 2. The number of nitrogens with zero attached hydrogens (tertiary/aromatic N) is 11. The van der Waals surface area contributed by atoms with Crippen LogP contribution in [0.3, 0.4) is 0 Å². The molecule has 19 heteroatoms. The molecule has 0 spiro atoms. The predicted octanol–water partition coefficient (Wildman–Crippen LogP) is 9.18. The maximum Gasteiger partial charge on any atom is 0.255 e. The van der Waals surface area contributed by atoms with E-state index < -0.39 is 0 Å². The van der Waals surface area contributed by atoms with Crippen LogP contribution in [0.5, 0.6) is 0 Å². The van der Waals surface area contributed by atoms with Crippen LogP contribution in [-0.2, 0) is 13.1 Å². The Kier molecular flexibility index (Phi) is 17.0. The lowest BCUT2D eigenvalue weighted by atomic mass is 10.1. The van der Waals surface area contributed by atoms with Crippen LogP contribution < -0.4 is 21.5 Å². The third kappa shape index (κ3) is 13.7. The molecule has 380 valence electrons. The summed E-state index contributed by atoms with van der Waals surface area (Å²) in [6.07, 6.45) is 12.4. The van der Waals surface area contributed by atoms with Crippen LogP contribution in [0.25, 0.3) is 22.4 Å². The molecule has 74 heavy (non-hydrogen) atoms. The van der Waals surface area contributed by atoms with Gasteiger partial charge in [-0.1, -0.05) is 67.1 Å². The number of halogens is 2. The Morgan fingerprint density at radius 1 is 0.568 bits per heavy atom. The van der Waals surface area contributed by atoms with E-state index in [-0.39, 0.29) is 11.8 Å². The molecule has 2 saturated heterocycles. The number of rotatable bonds is 14. The van der Waals surface area contributed by atoms with Gasteiger partial charge in [0, 0.05) is 138 Å². The van der Waals surface area contributed by atoms with Gasteiger partial charge in [0.25, 0.3) is 11.8 Å². The minimum absolute atomic E-state index is 0.131. The summed E-state index contributed by atoms with van der Waals surface area (Å²) < 4.78 is 1.83. The van der Waals surface area contributed by atoms with Gasteiger partial charge in [0.05, 0.1) is 30.0 Å². The quantitative estimate of drug-likeness (QED) is 0.0814. The predicted molar refractivity (Wildman–Crippen MR) is 299 cm³/mol. The van der Waals surface area contributed by atoms with Crippen molar-refractivity contribution in [3.8, 4) is 22.4 Å². The third-order valence-corrected chi connectivity index (χ3v) is 14.5. The maximum atomic E-state index is 13.1. The van der Waals surface area contributed by atoms with Crippen molar-refractivity contribution in [1.82, 2.24) is 54.6 Å². The lowest BCUT2D eigenvalue weighted by Crippen LogP contribution is -2.44. The number of aromatic nitrogens is 7. The van der Waals surface area contributed by atoms with E-state index in [0.717, 1.165) is 119 Å². The minimum Gasteiger partial charge on any atom is -0.322 e. The molecule has 8 aromatic rings. The zero-order valence-electron chi connectivity index (χ0n) is 41.8. The molecule has 4 aromatic heterocycles. The van der Waals surface area contributed by atoms with Gasteiger partial charge in [-0.25, -0.2) is 0 Å².